The average Bonchev–Trinajstić information content (AvgIpc) is 2.59. The first-order valence-corrected chi connectivity index (χ1v) is 7.52. The van der Waals surface area contributed by atoms with E-state index < -0.39 is 36.2 Å². The molecule has 7 heteroatoms. The molecule has 0 heterocycles. The van der Waals surface area contributed by atoms with Crippen LogP contribution in [0.3, 0.4) is 0 Å². The molecule has 5 nitrogen and oxygen atoms in total. The number of esters is 1. The molecule has 2 rings (SSSR count). The number of rotatable bonds is 6. The molecule has 0 radical (unpaired) electrons. The number of ether oxygens (including phenoxy) is 1. The summed E-state index contributed by atoms with van der Waals surface area (Å²) in [4.78, 5) is 23.7. The largest absolute Gasteiger partial charge is 0.452 e. The molecular formula is C18H17F2NO4. The Hall–Kier alpha value is -2.80. The Morgan fingerprint density at radius 3 is 2.44 bits per heavy atom. The highest BCUT2D eigenvalue weighted by Gasteiger charge is 2.16. The second-order valence-corrected chi connectivity index (χ2v) is 5.39. The number of benzene rings is 2. The standard InChI is InChI=1S/C18H17F2NO4/c1-11(15-7-6-14(19)8-16(15)20)21-17(23)10-25-18(24)13-4-2-12(9-22)3-5-13/h2-8,11,22H,9-10H2,1H3,(H,21,23)/t11-/m0/s1. The lowest BCUT2D eigenvalue weighted by atomic mass is 10.1. The first kappa shape index (κ1) is 18.5. The second kappa shape index (κ2) is 8.34. The molecule has 1 atom stereocenters. The van der Waals surface area contributed by atoms with Crippen molar-refractivity contribution in [1.82, 2.24) is 5.32 Å². The van der Waals surface area contributed by atoms with Crippen molar-refractivity contribution in [3.05, 3.63) is 70.8 Å². The quantitative estimate of drug-likeness (QED) is 0.786. The van der Waals surface area contributed by atoms with Gasteiger partial charge in [0.15, 0.2) is 6.61 Å². The van der Waals surface area contributed by atoms with E-state index in [0.29, 0.717) is 5.56 Å². The zero-order valence-corrected chi connectivity index (χ0v) is 13.5. The summed E-state index contributed by atoms with van der Waals surface area (Å²) >= 11 is 0. The zero-order chi connectivity index (χ0) is 18.4. The Morgan fingerprint density at radius 2 is 1.84 bits per heavy atom. The van der Waals surface area contributed by atoms with Gasteiger partial charge in [-0.3, -0.25) is 4.79 Å². The molecule has 0 aliphatic carbocycles. The molecule has 0 saturated heterocycles. The molecule has 25 heavy (non-hydrogen) atoms. The fourth-order valence-corrected chi connectivity index (χ4v) is 2.17. The number of hydrogen-bond donors (Lipinski definition) is 2. The normalized spacial score (nSPS) is 11.7. The van der Waals surface area contributed by atoms with Gasteiger partial charge in [-0.25, -0.2) is 13.6 Å². The second-order valence-electron chi connectivity index (χ2n) is 5.39. The van der Waals surface area contributed by atoms with Crippen LogP contribution in [0.25, 0.3) is 0 Å². The van der Waals surface area contributed by atoms with Crippen LogP contribution < -0.4 is 5.32 Å². The number of amides is 1. The number of carbonyl (C=O) groups excluding carboxylic acids is 2. The van der Waals surface area contributed by atoms with Gasteiger partial charge in [0.25, 0.3) is 5.91 Å². The molecule has 1 amide bonds. The van der Waals surface area contributed by atoms with E-state index in [4.69, 9.17) is 9.84 Å². The number of hydrogen-bond acceptors (Lipinski definition) is 4. The summed E-state index contributed by atoms with van der Waals surface area (Å²) in [5.41, 5.74) is 1.01. The van der Waals surface area contributed by atoms with Crippen LogP contribution in [0.15, 0.2) is 42.5 Å². The smallest absolute Gasteiger partial charge is 0.338 e. The Labute approximate surface area is 143 Å². The SMILES string of the molecule is C[C@H](NC(=O)COC(=O)c1ccc(CO)cc1)c1ccc(F)cc1F. The first-order valence-electron chi connectivity index (χ1n) is 7.52. The van der Waals surface area contributed by atoms with Crippen LogP contribution in [0.5, 0.6) is 0 Å². The summed E-state index contributed by atoms with van der Waals surface area (Å²) < 4.78 is 31.4. The fourth-order valence-electron chi connectivity index (χ4n) is 2.17. The molecule has 132 valence electrons. The minimum absolute atomic E-state index is 0.126. The van der Waals surface area contributed by atoms with Gasteiger partial charge in [-0.05, 0) is 30.7 Å². The number of aliphatic hydroxyl groups excluding tert-OH is 1. The Bertz CT molecular complexity index is 762. The van der Waals surface area contributed by atoms with E-state index in [2.05, 4.69) is 5.32 Å². The van der Waals surface area contributed by atoms with Crippen molar-refractivity contribution in [3.63, 3.8) is 0 Å². The lowest BCUT2D eigenvalue weighted by Crippen LogP contribution is -2.31. The summed E-state index contributed by atoms with van der Waals surface area (Å²) in [7, 11) is 0. The van der Waals surface area contributed by atoms with Crippen LogP contribution in [0.2, 0.25) is 0 Å². The van der Waals surface area contributed by atoms with E-state index in [1.807, 2.05) is 0 Å². The maximum Gasteiger partial charge on any atom is 0.338 e. The Kier molecular flexibility index (Phi) is 6.19. The summed E-state index contributed by atoms with van der Waals surface area (Å²) in [5.74, 6) is -2.79. The van der Waals surface area contributed by atoms with Crippen LogP contribution in [-0.4, -0.2) is 23.6 Å². The van der Waals surface area contributed by atoms with Crippen molar-refractivity contribution in [2.45, 2.75) is 19.6 Å². The van der Waals surface area contributed by atoms with Crippen molar-refractivity contribution in [2.24, 2.45) is 0 Å². The predicted octanol–water partition coefficient (Wildman–Crippen LogP) is 2.49. The monoisotopic (exact) mass is 349 g/mol. The zero-order valence-electron chi connectivity index (χ0n) is 13.5. The van der Waals surface area contributed by atoms with Crippen molar-refractivity contribution >= 4 is 11.9 Å². The average molecular weight is 349 g/mol. The highest BCUT2D eigenvalue weighted by atomic mass is 19.1. The molecule has 0 saturated carbocycles. The van der Waals surface area contributed by atoms with Crippen LogP contribution in [0.1, 0.15) is 34.5 Å². The van der Waals surface area contributed by atoms with Gasteiger partial charge in [0.05, 0.1) is 18.2 Å². The number of halogens is 2. The van der Waals surface area contributed by atoms with Gasteiger partial charge in [0, 0.05) is 11.6 Å². The molecular weight excluding hydrogens is 332 g/mol. The third-order valence-electron chi connectivity index (χ3n) is 3.51. The lowest BCUT2D eigenvalue weighted by Gasteiger charge is -2.15. The minimum Gasteiger partial charge on any atom is -0.452 e. The maximum atomic E-state index is 13.7. The third kappa shape index (κ3) is 5.09. The molecule has 0 bridgehead atoms. The Morgan fingerprint density at radius 1 is 1.16 bits per heavy atom. The number of carbonyl (C=O) groups is 2. The number of nitrogens with one attached hydrogen (secondary N) is 1. The van der Waals surface area contributed by atoms with Crippen molar-refractivity contribution in [3.8, 4) is 0 Å². The van der Waals surface area contributed by atoms with Gasteiger partial charge in [-0.15, -0.1) is 0 Å². The van der Waals surface area contributed by atoms with Crippen LogP contribution in [-0.2, 0) is 16.1 Å². The van der Waals surface area contributed by atoms with E-state index in [9.17, 15) is 18.4 Å². The molecule has 2 aromatic carbocycles. The highest BCUT2D eigenvalue weighted by molar-refractivity contribution is 5.91. The maximum absolute atomic E-state index is 13.7. The van der Waals surface area contributed by atoms with Crippen molar-refractivity contribution < 1.29 is 28.2 Å². The highest BCUT2D eigenvalue weighted by Crippen LogP contribution is 2.17. The third-order valence-corrected chi connectivity index (χ3v) is 3.51. The van der Waals surface area contributed by atoms with Gasteiger partial charge in [0.1, 0.15) is 11.6 Å². The van der Waals surface area contributed by atoms with Crippen LogP contribution in [0, 0.1) is 11.6 Å². The molecule has 0 aliphatic heterocycles. The predicted molar refractivity (Wildman–Crippen MR) is 85.6 cm³/mol. The topological polar surface area (TPSA) is 75.6 Å². The van der Waals surface area contributed by atoms with Crippen LogP contribution >= 0.6 is 0 Å². The van der Waals surface area contributed by atoms with E-state index in [1.165, 1.54) is 25.1 Å². The van der Waals surface area contributed by atoms with Gasteiger partial charge in [0.2, 0.25) is 0 Å². The minimum atomic E-state index is -0.770. The summed E-state index contributed by atoms with van der Waals surface area (Å²) in [6.07, 6.45) is 0. The molecule has 0 unspecified atom stereocenters. The first-order chi connectivity index (χ1) is 11.9. The van der Waals surface area contributed by atoms with E-state index >= 15 is 0 Å². The molecule has 0 aromatic heterocycles. The van der Waals surface area contributed by atoms with Crippen molar-refractivity contribution in [2.75, 3.05) is 6.61 Å². The lowest BCUT2D eigenvalue weighted by molar-refractivity contribution is -0.124. The van der Waals surface area contributed by atoms with Gasteiger partial charge in [-0.2, -0.15) is 0 Å². The van der Waals surface area contributed by atoms with Crippen molar-refractivity contribution in [1.29, 1.82) is 0 Å². The molecule has 2 aromatic rings. The summed E-state index contributed by atoms with van der Waals surface area (Å²) in [6.45, 7) is 0.854. The molecule has 2 N–H and O–H groups in total. The van der Waals surface area contributed by atoms with E-state index in [-0.39, 0.29) is 17.7 Å². The number of aliphatic hydroxyl groups is 1. The summed E-state index contributed by atoms with van der Waals surface area (Å²) in [5, 5.41) is 11.4. The van der Waals surface area contributed by atoms with Crippen LogP contribution in [0.4, 0.5) is 8.78 Å². The Balaban J connectivity index is 1.88. The molecule has 0 fully saturated rings. The summed E-state index contributed by atoms with van der Waals surface area (Å²) in [6, 6.07) is 8.43. The molecule has 0 spiro atoms. The van der Waals surface area contributed by atoms with Gasteiger partial charge >= 0.3 is 5.97 Å². The fraction of sp³-hybridized carbons (Fsp3) is 0.222. The molecule has 0 aliphatic rings. The van der Waals surface area contributed by atoms with Gasteiger partial charge in [-0.1, -0.05) is 18.2 Å². The van der Waals surface area contributed by atoms with E-state index in [1.54, 1.807) is 12.1 Å². The van der Waals surface area contributed by atoms with Gasteiger partial charge < -0.3 is 15.2 Å². The van der Waals surface area contributed by atoms with E-state index in [0.717, 1.165) is 12.1 Å².